The van der Waals surface area contributed by atoms with Crippen molar-refractivity contribution in [1.29, 1.82) is 0 Å². The van der Waals surface area contributed by atoms with Crippen molar-refractivity contribution in [2.75, 3.05) is 35.2 Å². The molecule has 180 valence electrons. The second-order valence-electron chi connectivity index (χ2n) is 9.29. The van der Waals surface area contributed by atoms with Crippen molar-refractivity contribution in [1.82, 2.24) is 19.9 Å². The number of pyridine rings is 1. The first kappa shape index (κ1) is 22.8. The third kappa shape index (κ3) is 4.80. The number of hydrogen-bond donors (Lipinski definition) is 2. The van der Waals surface area contributed by atoms with Crippen molar-refractivity contribution in [3.63, 3.8) is 0 Å². The van der Waals surface area contributed by atoms with E-state index in [1.807, 2.05) is 24.0 Å². The van der Waals surface area contributed by atoms with Gasteiger partial charge in [0.1, 0.15) is 0 Å². The molecule has 3 aromatic rings. The maximum Gasteiger partial charge on any atom is 0.324 e. The van der Waals surface area contributed by atoms with Crippen LogP contribution in [0.1, 0.15) is 24.6 Å². The Kier molecular flexibility index (Phi) is 6.07. The highest BCUT2D eigenvalue weighted by molar-refractivity contribution is 5.99. The van der Waals surface area contributed by atoms with E-state index in [1.165, 1.54) is 11.9 Å². The molecule has 2 fully saturated rings. The van der Waals surface area contributed by atoms with Gasteiger partial charge in [-0.05, 0) is 50.1 Å². The van der Waals surface area contributed by atoms with Crippen molar-refractivity contribution < 1.29 is 9.59 Å². The van der Waals surface area contributed by atoms with Gasteiger partial charge in [0.15, 0.2) is 5.82 Å². The molecule has 2 unspecified atom stereocenters. The number of fused-ring (bicyclic) bond motifs is 1. The molecule has 35 heavy (non-hydrogen) atoms. The lowest BCUT2D eigenvalue weighted by atomic mass is 10.1. The van der Waals surface area contributed by atoms with Gasteiger partial charge in [0, 0.05) is 49.4 Å². The van der Waals surface area contributed by atoms with E-state index in [0.717, 1.165) is 42.9 Å². The first-order chi connectivity index (χ1) is 16.9. The Bertz CT molecular complexity index is 1260. The summed E-state index contributed by atoms with van der Waals surface area (Å²) < 4.78 is 0. The van der Waals surface area contributed by atoms with Gasteiger partial charge in [-0.25, -0.2) is 9.78 Å². The van der Waals surface area contributed by atoms with Crippen molar-refractivity contribution >= 4 is 29.1 Å². The van der Waals surface area contributed by atoms with E-state index in [9.17, 15) is 9.59 Å². The normalized spacial score (nSPS) is 18.9. The summed E-state index contributed by atoms with van der Waals surface area (Å²) in [5.41, 5.74) is 5.40. The predicted molar refractivity (Wildman–Crippen MR) is 135 cm³/mol. The molecule has 4 heterocycles. The number of aromatic nitrogens is 3. The maximum atomic E-state index is 12.4. The van der Waals surface area contributed by atoms with Crippen molar-refractivity contribution in [2.45, 2.75) is 33.2 Å². The number of nitrogens with one attached hydrogen (secondary N) is 2. The second-order valence-corrected chi connectivity index (χ2v) is 9.29. The molecule has 2 N–H and O–H groups in total. The number of rotatable bonds is 4. The van der Waals surface area contributed by atoms with Crippen LogP contribution in [0.15, 0.2) is 48.9 Å². The summed E-state index contributed by atoms with van der Waals surface area (Å²) in [7, 11) is 0. The van der Waals surface area contributed by atoms with Gasteiger partial charge >= 0.3 is 6.03 Å². The van der Waals surface area contributed by atoms with Crippen LogP contribution in [0.3, 0.4) is 0 Å². The zero-order valence-electron chi connectivity index (χ0n) is 20.2. The first-order valence-corrected chi connectivity index (χ1v) is 11.8. The van der Waals surface area contributed by atoms with Crippen LogP contribution in [0.25, 0.3) is 11.3 Å². The van der Waals surface area contributed by atoms with Gasteiger partial charge in [-0.1, -0.05) is 6.07 Å². The molecule has 5 rings (SSSR count). The molecule has 9 nitrogen and oxygen atoms in total. The van der Waals surface area contributed by atoms with Crippen molar-refractivity contribution in [2.24, 2.45) is 5.92 Å². The van der Waals surface area contributed by atoms with Crippen LogP contribution in [0.2, 0.25) is 0 Å². The largest absolute Gasteiger partial charge is 0.369 e. The quantitative estimate of drug-likeness (QED) is 0.599. The topological polar surface area (TPSA) is 103 Å². The predicted octanol–water partition coefficient (Wildman–Crippen LogP) is 3.86. The molecule has 9 heteroatoms. The van der Waals surface area contributed by atoms with Gasteiger partial charge in [-0.2, -0.15) is 0 Å². The van der Waals surface area contributed by atoms with Gasteiger partial charge in [-0.3, -0.25) is 20.1 Å². The van der Waals surface area contributed by atoms with E-state index < -0.39 is 6.03 Å². The lowest BCUT2D eigenvalue weighted by Gasteiger charge is -2.26. The summed E-state index contributed by atoms with van der Waals surface area (Å²) in [4.78, 5) is 41.7. The average Bonchev–Trinajstić information content (AvgIpc) is 3.41. The number of nitrogens with zero attached hydrogens (tertiary/aromatic N) is 5. The maximum absolute atomic E-state index is 12.4. The highest BCUT2D eigenvalue weighted by atomic mass is 16.2. The number of amides is 3. The fourth-order valence-electron chi connectivity index (χ4n) is 5.10. The van der Waals surface area contributed by atoms with Crippen molar-refractivity contribution in [3.05, 3.63) is 60.2 Å². The molecule has 3 amide bonds. The van der Waals surface area contributed by atoms with E-state index in [-0.39, 0.29) is 5.91 Å². The Morgan fingerprint density at radius 2 is 1.89 bits per heavy atom. The number of benzene rings is 1. The zero-order valence-corrected chi connectivity index (χ0v) is 20.2. The van der Waals surface area contributed by atoms with E-state index in [1.54, 1.807) is 25.4 Å². The standard InChI is InChI=1S/C26H29N7O2/c1-16-10-19(5-7-23(16)32-14-20-8-9-33(18(3)34)24(20)15-32)22-12-27-13-25(30-22)31-26(35)29-21-6-4-17(2)28-11-21/h4-7,10-13,20,24H,8-9,14-15H2,1-3H3,(H2,29,30,31,35). The summed E-state index contributed by atoms with van der Waals surface area (Å²) in [5, 5.41) is 5.47. The third-order valence-corrected chi connectivity index (χ3v) is 6.83. The van der Waals surface area contributed by atoms with Crippen LogP contribution in [0.4, 0.5) is 22.0 Å². The van der Waals surface area contributed by atoms with Crippen LogP contribution < -0.4 is 15.5 Å². The summed E-state index contributed by atoms with van der Waals surface area (Å²) in [6.45, 7) is 8.36. The lowest BCUT2D eigenvalue weighted by Crippen LogP contribution is -2.38. The first-order valence-electron chi connectivity index (χ1n) is 11.8. The van der Waals surface area contributed by atoms with Gasteiger partial charge < -0.3 is 15.1 Å². The summed E-state index contributed by atoms with van der Waals surface area (Å²) in [5.74, 6) is 1.06. The van der Waals surface area contributed by atoms with Gasteiger partial charge in [0.25, 0.3) is 0 Å². The molecule has 0 bridgehead atoms. The molecular weight excluding hydrogens is 442 g/mol. The van der Waals surface area contributed by atoms with Crippen LogP contribution in [0, 0.1) is 19.8 Å². The summed E-state index contributed by atoms with van der Waals surface area (Å²) in [6, 6.07) is 9.76. The lowest BCUT2D eigenvalue weighted by molar-refractivity contribution is -0.129. The molecule has 2 aliphatic rings. The number of likely N-dealkylation sites (tertiary alicyclic amines) is 1. The number of urea groups is 1. The molecule has 1 aromatic carbocycles. The number of hydrogen-bond acceptors (Lipinski definition) is 6. The van der Waals surface area contributed by atoms with Gasteiger partial charge in [0.05, 0.1) is 36.0 Å². The van der Waals surface area contributed by atoms with E-state index in [0.29, 0.717) is 29.2 Å². The minimum absolute atomic E-state index is 0.169. The molecule has 0 radical (unpaired) electrons. The minimum Gasteiger partial charge on any atom is -0.369 e. The van der Waals surface area contributed by atoms with Gasteiger partial charge in [-0.15, -0.1) is 0 Å². The molecular formula is C26H29N7O2. The molecule has 0 aliphatic carbocycles. The second kappa shape index (κ2) is 9.32. The Hall–Kier alpha value is -4.01. The Morgan fingerprint density at radius 3 is 2.63 bits per heavy atom. The number of aryl methyl sites for hydroxylation is 2. The fraction of sp³-hybridized carbons (Fsp3) is 0.346. The number of carbonyl (C=O) groups is 2. The Balaban J connectivity index is 1.27. The highest BCUT2D eigenvalue weighted by Gasteiger charge is 2.42. The molecule has 0 saturated carbocycles. The van der Waals surface area contributed by atoms with Crippen LogP contribution >= 0.6 is 0 Å². The monoisotopic (exact) mass is 471 g/mol. The van der Waals surface area contributed by atoms with Crippen LogP contribution in [-0.4, -0.2) is 57.5 Å². The molecule has 2 aliphatic heterocycles. The minimum atomic E-state index is -0.409. The molecule has 2 saturated heterocycles. The smallest absolute Gasteiger partial charge is 0.324 e. The average molecular weight is 472 g/mol. The molecule has 2 aromatic heterocycles. The fourth-order valence-corrected chi connectivity index (χ4v) is 5.10. The van der Waals surface area contributed by atoms with E-state index in [2.05, 4.69) is 49.5 Å². The van der Waals surface area contributed by atoms with E-state index >= 15 is 0 Å². The summed E-state index contributed by atoms with van der Waals surface area (Å²) in [6.07, 6.45) is 5.88. The third-order valence-electron chi connectivity index (χ3n) is 6.83. The molecule has 0 spiro atoms. The number of anilines is 3. The Morgan fingerprint density at radius 1 is 1.03 bits per heavy atom. The van der Waals surface area contributed by atoms with E-state index in [4.69, 9.17) is 0 Å². The van der Waals surface area contributed by atoms with Crippen molar-refractivity contribution in [3.8, 4) is 11.3 Å². The number of carbonyl (C=O) groups excluding carboxylic acids is 2. The molecule has 2 atom stereocenters. The zero-order chi connectivity index (χ0) is 24.5. The summed E-state index contributed by atoms with van der Waals surface area (Å²) >= 11 is 0. The van der Waals surface area contributed by atoms with Crippen LogP contribution in [0.5, 0.6) is 0 Å². The Labute approximate surface area is 204 Å². The SMILES string of the molecule is CC(=O)N1CCC2CN(c3ccc(-c4cncc(NC(=O)Nc5ccc(C)nc5)n4)cc3C)CC21. The van der Waals surface area contributed by atoms with Crippen LogP contribution in [-0.2, 0) is 4.79 Å². The highest BCUT2D eigenvalue weighted by Crippen LogP contribution is 2.36. The van der Waals surface area contributed by atoms with Gasteiger partial charge in [0.2, 0.25) is 5.91 Å².